The number of hydrogen-bond acceptors (Lipinski definition) is 6. The van der Waals surface area contributed by atoms with Crippen LogP contribution in [0.5, 0.6) is 5.75 Å². The van der Waals surface area contributed by atoms with Gasteiger partial charge in [0.25, 0.3) is 5.91 Å². The smallest absolute Gasteiger partial charge is 0.311 e. The van der Waals surface area contributed by atoms with E-state index < -0.39 is 14.9 Å². The number of nitro benzene ring substituents is 1. The lowest BCUT2D eigenvalue weighted by molar-refractivity contribution is -0.385. The van der Waals surface area contributed by atoms with Gasteiger partial charge in [-0.3, -0.25) is 14.9 Å². The Morgan fingerprint density at radius 2 is 1.76 bits per heavy atom. The summed E-state index contributed by atoms with van der Waals surface area (Å²) in [6.45, 7) is 0.789. The summed E-state index contributed by atoms with van der Waals surface area (Å²) in [5.41, 5.74) is 0.581. The van der Waals surface area contributed by atoms with Crippen LogP contribution in [-0.4, -0.2) is 61.7 Å². The van der Waals surface area contributed by atoms with Gasteiger partial charge >= 0.3 is 5.69 Å². The van der Waals surface area contributed by atoms with Crippen LogP contribution in [-0.2, 0) is 15.8 Å². The van der Waals surface area contributed by atoms with E-state index in [0.717, 1.165) is 0 Å². The van der Waals surface area contributed by atoms with Crippen molar-refractivity contribution in [3.63, 3.8) is 0 Å². The third-order valence-corrected chi connectivity index (χ3v) is 6.58. The third kappa shape index (κ3) is 4.72. The van der Waals surface area contributed by atoms with E-state index in [1.165, 1.54) is 34.5 Å². The summed E-state index contributed by atoms with van der Waals surface area (Å²) in [4.78, 5) is 24.8. The van der Waals surface area contributed by atoms with E-state index in [4.69, 9.17) is 4.74 Å². The molecule has 10 heteroatoms. The minimum atomic E-state index is -3.49. The molecule has 0 aromatic heterocycles. The van der Waals surface area contributed by atoms with Gasteiger partial charge in [-0.25, -0.2) is 8.42 Å². The third-order valence-electron chi connectivity index (χ3n) is 4.73. The zero-order valence-electron chi connectivity index (χ0n) is 15.9. The summed E-state index contributed by atoms with van der Waals surface area (Å²) in [6.07, 6.45) is 0. The number of amides is 1. The van der Waals surface area contributed by atoms with Crippen molar-refractivity contribution in [2.75, 3.05) is 33.3 Å². The first-order chi connectivity index (χ1) is 13.8. The van der Waals surface area contributed by atoms with Crippen LogP contribution in [0, 0.1) is 10.1 Å². The fourth-order valence-corrected chi connectivity index (χ4v) is 4.71. The molecule has 1 heterocycles. The Morgan fingerprint density at radius 3 is 2.34 bits per heavy atom. The number of hydrogen-bond donors (Lipinski definition) is 0. The SMILES string of the molecule is COc1ccc(C(=O)N2CCN(S(=O)(=O)Cc3ccccc3)CC2)cc1[N+](=O)[O-]. The van der Waals surface area contributed by atoms with Crippen LogP contribution in [0.15, 0.2) is 48.5 Å². The number of rotatable bonds is 6. The number of carbonyl (C=O) groups excluding carboxylic acids is 1. The summed E-state index contributed by atoms with van der Waals surface area (Å²) < 4.78 is 31.6. The minimum Gasteiger partial charge on any atom is -0.490 e. The molecule has 1 aliphatic rings. The molecule has 0 unspecified atom stereocenters. The van der Waals surface area contributed by atoms with Crippen molar-refractivity contribution in [1.29, 1.82) is 0 Å². The number of sulfonamides is 1. The number of benzene rings is 2. The highest BCUT2D eigenvalue weighted by atomic mass is 32.2. The molecule has 0 spiro atoms. The molecule has 1 saturated heterocycles. The van der Waals surface area contributed by atoms with E-state index in [0.29, 0.717) is 5.56 Å². The number of ether oxygens (including phenoxy) is 1. The van der Waals surface area contributed by atoms with Crippen LogP contribution in [0.2, 0.25) is 0 Å². The summed E-state index contributed by atoms with van der Waals surface area (Å²) in [5, 5.41) is 11.2. The molecule has 9 nitrogen and oxygen atoms in total. The number of carbonyl (C=O) groups is 1. The topological polar surface area (TPSA) is 110 Å². The Kier molecular flexibility index (Phi) is 6.14. The lowest BCUT2D eigenvalue weighted by Crippen LogP contribution is -2.50. The van der Waals surface area contributed by atoms with E-state index in [9.17, 15) is 23.3 Å². The monoisotopic (exact) mass is 419 g/mol. The Morgan fingerprint density at radius 1 is 1.10 bits per heavy atom. The summed E-state index contributed by atoms with van der Waals surface area (Å²) >= 11 is 0. The minimum absolute atomic E-state index is 0.0726. The fraction of sp³-hybridized carbons (Fsp3) is 0.316. The standard InChI is InChI=1S/C19H21N3O6S/c1-28-18-8-7-16(13-17(18)22(24)25)19(23)20-9-11-21(12-10-20)29(26,27)14-15-5-3-2-4-6-15/h2-8,13H,9-12,14H2,1H3. The van der Waals surface area contributed by atoms with Gasteiger partial charge < -0.3 is 9.64 Å². The predicted octanol–water partition coefficient (Wildman–Crippen LogP) is 1.89. The Hall–Kier alpha value is -2.98. The number of nitro groups is 1. The van der Waals surface area contributed by atoms with E-state index in [1.54, 1.807) is 24.3 Å². The van der Waals surface area contributed by atoms with E-state index in [-0.39, 0.29) is 54.8 Å². The number of nitrogens with zero attached hydrogens (tertiary/aromatic N) is 3. The molecule has 29 heavy (non-hydrogen) atoms. The van der Waals surface area contributed by atoms with Gasteiger partial charge in [0.1, 0.15) is 0 Å². The van der Waals surface area contributed by atoms with E-state index in [2.05, 4.69) is 0 Å². The van der Waals surface area contributed by atoms with Crippen LogP contribution in [0.25, 0.3) is 0 Å². The van der Waals surface area contributed by atoms with Gasteiger partial charge in [0.15, 0.2) is 5.75 Å². The van der Waals surface area contributed by atoms with Crippen LogP contribution >= 0.6 is 0 Å². The molecule has 1 aliphatic heterocycles. The fourth-order valence-electron chi connectivity index (χ4n) is 3.19. The highest BCUT2D eigenvalue weighted by Gasteiger charge is 2.30. The van der Waals surface area contributed by atoms with E-state index >= 15 is 0 Å². The molecule has 0 aliphatic carbocycles. The zero-order chi connectivity index (χ0) is 21.0. The number of piperazine rings is 1. The van der Waals surface area contributed by atoms with Crippen LogP contribution in [0.4, 0.5) is 5.69 Å². The Labute approximate surface area is 168 Å². The van der Waals surface area contributed by atoms with Crippen molar-refractivity contribution in [2.45, 2.75) is 5.75 Å². The second-order valence-corrected chi connectivity index (χ2v) is 8.55. The average Bonchev–Trinajstić information content (AvgIpc) is 2.73. The van der Waals surface area contributed by atoms with Crippen LogP contribution in [0.1, 0.15) is 15.9 Å². The first kappa shape index (κ1) is 20.7. The van der Waals surface area contributed by atoms with Gasteiger partial charge in [-0.2, -0.15) is 4.31 Å². The lowest BCUT2D eigenvalue weighted by Gasteiger charge is -2.34. The quantitative estimate of drug-likeness (QED) is 0.522. The maximum absolute atomic E-state index is 12.7. The first-order valence-corrected chi connectivity index (χ1v) is 10.6. The van der Waals surface area contributed by atoms with Crippen molar-refractivity contribution in [2.24, 2.45) is 0 Å². The molecule has 0 radical (unpaired) electrons. The molecule has 3 rings (SSSR count). The van der Waals surface area contributed by atoms with Crippen molar-refractivity contribution in [3.8, 4) is 5.75 Å². The lowest BCUT2D eigenvalue weighted by atomic mass is 10.1. The van der Waals surface area contributed by atoms with Crippen molar-refractivity contribution in [1.82, 2.24) is 9.21 Å². The summed E-state index contributed by atoms with van der Waals surface area (Å²) in [6, 6.07) is 12.9. The molecule has 0 saturated carbocycles. The molecule has 154 valence electrons. The average molecular weight is 419 g/mol. The van der Waals surface area contributed by atoms with Crippen LogP contribution < -0.4 is 4.74 Å². The Bertz CT molecular complexity index is 1000. The molecule has 1 fully saturated rings. The summed E-state index contributed by atoms with van der Waals surface area (Å²) in [7, 11) is -2.17. The molecule has 1 amide bonds. The van der Waals surface area contributed by atoms with Gasteiger partial charge in [0.2, 0.25) is 10.0 Å². The van der Waals surface area contributed by atoms with Crippen molar-refractivity contribution >= 4 is 21.6 Å². The number of methoxy groups -OCH3 is 1. The molecule has 2 aromatic rings. The first-order valence-electron chi connectivity index (χ1n) is 8.95. The predicted molar refractivity (Wildman–Crippen MR) is 106 cm³/mol. The van der Waals surface area contributed by atoms with E-state index in [1.807, 2.05) is 6.07 Å². The van der Waals surface area contributed by atoms with Gasteiger partial charge in [-0.15, -0.1) is 0 Å². The molecular formula is C19H21N3O6S. The zero-order valence-corrected chi connectivity index (χ0v) is 16.7. The normalized spacial score (nSPS) is 15.1. The summed E-state index contributed by atoms with van der Waals surface area (Å²) in [5.74, 6) is -0.397. The highest BCUT2D eigenvalue weighted by Crippen LogP contribution is 2.28. The largest absolute Gasteiger partial charge is 0.490 e. The second-order valence-electron chi connectivity index (χ2n) is 6.58. The highest BCUT2D eigenvalue weighted by molar-refractivity contribution is 7.88. The second kappa shape index (κ2) is 8.58. The van der Waals surface area contributed by atoms with Crippen molar-refractivity contribution in [3.05, 3.63) is 69.8 Å². The Balaban J connectivity index is 1.67. The molecule has 0 N–H and O–H groups in total. The molecular weight excluding hydrogens is 398 g/mol. The van der Waals surface area contributed by atoms with Gasteiger partial charge in [-0.1, -0.05) is 30.3 Å². The molecule has 0 bridgehead atoms. The van der Waals surface area contributed by atoms with Crippen LogP contribution in [0.3, 0.4) is 0 Å². The van der Waals surface area contributed by atoms with Gasteiger partial charge in [0, 0.05) is 37.8 Å². The molecule has 2 aromatic carbocycles. The van der Waals surface area contributed by atoms with Crippen molar-refractivity contribution < 1.29 is 22.9 Å². The molecule has 0 atom stereocenters. The van der Waals surface area contributed by atoms with Gasteiger partial charge in [-0.05, 0) is 17.7 Å². The van der Waals surface area contributed by atoms with Gasteiger partial charge in [0.05, 0.1) is 17.8 Å². The maximum Gasteiger partial charge on any atom is 0.311 e. The maximum atomic E-state index is 12.7.